The van der Waals surface area contributed by atoms with Crippen LogP contribution in [-0.4, -0.2) is 23.7 Å². The number of nitrogens with one attached hydrogen (secondary N) is 1. The van der Waals surface area contributed by atoms with Gasteiger partial charge in [0.05, 0.1) is 12.1 Å². The number of hydrogen-bond acceptors (Lipinski definition) is 3. The monoisotopic (exact) mass is 329 g/mol. The topological polar surface area (TPSA) is 58.6 Å². The number of aliphatic hydroxyl groups excluding tert-OH is 1. The third-order valence-corrected chi connectivity index (χ3v) is 3.53. The van der Waals surface area contributed by atoms with Gasteiger partial charge in [-0.3, -0.25) is 4.79 Å². The van der Waals surface area contributed by atoms with Crippen molar-refractivity contribution in [1.29, 1.82) is 0 Å². The van der Waals surface area contributed by atoms with Crippen molar-refractivity contribution in [2.45, 2.75) is 19.1 Å². The summed E-state index contributed by atoms with van der Waals surface area (Å²) < 4.78 is 18.3. The van der Waals surface area contributed by atoms with Crippen LogP contribution in [0.2, 0.25) is 0 Å². The minimum Gasteiger partial charge on any atom is -0.490 e. The molecule has 1 amide bonds. The lowest BCUT2D eigenvalue weighted by Crippen LogP contribution is -2.37. The van der Waals surface area contributed by atoms with E-state index in [9.17, 15) is 14.3 Å². The highest BCUT2D eigenvalue weighted by molar-refractivity contribution is 5.94. The Kier molecular flexibility index (Phi) is 6.09. The molecular weight excluding hydrogens is 309 g/mol. The molecule has 2 atom stereocenters. The number of rotatable bonds is 7. The molecule has 0 heterocycles. The average Bonchev–Trinajstić information content (AvgIpc) is 2.60. The highest BCUT2D eigenvalue weighted by Crippen LogP contribution is 2.18. The zero-order chi connectivity index (χ0) is 17.5. The van der Waals surface area contributed by atoms with Gasteiger partial charge >= 0.3 is 0 Å². The van der Waals surface area contributed by atoms with Gasteiger partial charge in [-0.1, -0.05) is 24.8 Å². The Morgan fingerprint density at radius 1 is 1.25 bits per heavy atom. The summed E-state index contributed by atoms with van der Waals surface area (Å²) in [6, 6.07) is 11.7. The molecule has 5 heteroatoms. The van der Waals surface area contributed by atoms with E-state index in [1.165, 1.54) is 24.3 Å². The Morgan fingerprint density at radius 3 is 2.46 bits per heavy atom. The van der Waals surface area contributed by atoms with Crippen molar-refractivity contribution in [3.05, 3.63) is 78.1 Å². The van der Waals surface area contributed by atoms with Crippen LogP contribution >= 0.6 is 0 Å². The van der Waals surface area contributed by atoms with Gasteiger partial charge in [-0.05, 0) is 48.9 Å². The van der Waals surface area contributed by atoms with Gasteiger partial charge in [-0.25, -0.2) is 4.39 Å². The second-order valence-electron chi connectivity index (χ2n) is 5.38. The summed E-state index contributed by atoms with van der Waals surface area (Å²) in [6.45, 7) is 5.65. The van der Waals surface area contributed by atoms with E-state index in [4.69, 9.17) is 4.74 Å². The van der Waals surface area contributed by atoms with Gasteiger partial charge in [-0.2, -0.15) is 0 Å². The minimum atomic E-state index is -0.926. The standard InChI is InChI=1S/C19H20FNO3/c1-3-12-24-17-10-6-15(7-11-17)19(23)21-13(2)18(22)14-4-8-16(20)9-5-14/h3-11,13,18,22H,1,12H2,2H3,(H,21,23). The minimum absolute atomic E-state index is 0.307. The van der Waals surface area contributed by atoms with Crippen LogP contribution in [0, 0.1) is 5.82 Å². The van der Waals surface area contributed by atoms with Crippen LogP contribution in [-0.2, 0) is 0 Å². The first-order chi connectivity index (χ1) is 11.5. The highest BCUT2D eigenvalue weighted by atomic mass is 19.1. The van der Waals surface area contributed by atoms with E-state index in [0.717, 1.165) is 0 Å². The third kappa shape index (κ3) is 4.67. The molecule has 24 heavy (non-hydrogen) atoms. The highest BCUT2D eigenvalue weighted by Gasteiger charge is 2.19. The summed E-state index contributed by atoms with van der Waals surface area (Å²) in [7, 11) is 0. The molecule has 2 unspecified atom stereocenters. The van der Waals surface area contributed by atoms with Crippen LogP contribution in [0.3, 0.4) is 0 Å². The number of aliphatic hydroxyl groups is 1. The zero-order valence-electron chi connectivity index (χ0n) is 13.4. The van der Waals surface area contributed by atoms with Gasteiger partial charge in [0, 0.05) is 5.56 Å². The fourth-order valence-electron chi connectivity index (χ4n) is 2.18. The maximum Gasteiger partial charge on any atom is 0.251 e. The second kappa shape index (κ2) is 8.26. The fourth-order valence-corrected chi connectivity index (χ4v) is 2.18. The molecule has 0 radical (unpaired) electrons. The number of carbonyl (C=O) groups excluding carboxylic acids is 1. The number of benzene rings is 2. The summed E-state index contributed by atoms with van der Waals surface area (Å²) in [5.74, 6) is -0.0359. The van der Waals surface area contributed by atoms with Gasteiger partial charge in [-0.15, -0.1) is 0 Å². The van der Waals surface area contributed by atoms with E-state index in [-0.39, 0.29) is 11.7 Å². The van der Waals surface area contributed by atoms with Crippen molar-refractivity contribution in [2.75, 3.05) is 6.61 Å². The predicted molar refractivity (Wildman–Crippen MR) is 90.4 cm³/mol. The van der Waals surface area contributed by atoms with Crippen LogP contribution in [0.1, 0.15) is 28.9 Å². The molecular formula is C19H20FNO3. The summed E-state index contributed by atoms with van der Waals surface area (Å²) in [4.78, 5) is 12.2. The molecule has 0 saturated carbocycles. The van der Waals surface area contributed by atoms with Crippen LogP contribution in [0.4, 0.5) is 4.39 Å². The summed E-state index contributed by atoms with van der Waals surface area (Å²) in [6.07, 6.45) is 0.712. The first kappa shape index (κ1) is 17.7. The Bertz CT molecular complexity index is 683. The maximum absolute atomic E-state index is 12.9. The molecule has 2 aromatic rings. The van der Waals surface area contributed by atoms with Gasteiger partial charge in [0.25, 0.3) is 5.91 Å². The third-order valence-electron chi connectivity index (χ3n) is 3.53. The van der Waals surface area contributed by atoms with Crippen LogP contribution in [0.5, 0.6) is 5.75 Å². The smallest absolute Gasteiger partial charge is 0.251 e. The molecule has 4 nitrogen and oxygen atoms in total. The van der Waals surface area contributed by atoms with Crippen molar-refractivity contribution >= 4 is 5.91 Å². The Labute approximate surface area is 140 Å². The Balaban J connectivity index is 1.97. The number of hydrogen-bond donors (Lipinski definition) is 2. The molecule has 2 N–H and O–H groups in total. The van der Waals surface area contributed by atoms with E-state index in [1.807, 2.05) is 0 Å². The molecule has 0 aliphatic carbocycles. The number of carbonyl (C=O) groups is 1. The molecule has 2 aromatic carbocycles. The molecule has 0 bridgehead atoms. The maximum atomic E-state index is 12.9. The first-order valence-corrected chi connectivity index (χ1v) is 7.59. The molecule has 2 rings (SSSR count). The lowest BCUT2D eigenvalue weighted by atomic mass is 10.0. The van der Waals surface area contributed by atoms with Crippen LogP contribution in [0.25, 0.3) is 0 Å². The SMILES string of the molecule is C=CCOc1ccc(C(=O)NC(C)C(O)c2ccc(F)cc2)cc1. The van der Waals surface area contributed by atoms with Crippen LogP contribution < -0.4 is 10.1 Å². The van der Waals surface area contributed by atoms with Crippen molar-refractivity contribution < 1.29 is 19.0 Å². The average molecular weight is 329 g/mol. The van der Waals surface area contributed by atoms with E-state index in [2.05, 4.69) is 11.9 Å². The summed E-state index contributed by atoms with van der Waals surface area (Å²) in [5.41, 5.74) is 0.997. The molecule has 0 saturated heterocycles. The van der Waals surface area contributed by atoms with Crippen LogP contribution in [0.15, 0.2) is 61.2 Å². The van der Waals surface area contributed by atoms with Crippen molar-refractivity contribution in [3.8, 4) is 5.75 Å². The Morgan fingerprint density at radius 2 is 1.88 bits per heavy atom. The molecule has 0 fully saturated rings. The Hall–Kier alpha value is -2.66. The predicted octanol–water partition coefficient (Wildman–Crippen LogP) is 3.24. The summed E-state index contributed by atoms with van der Waals surface area (Å²) in [5, 5.41) is 13.0. The lowest BCUT2D eigenvalue weighted by Gasteiger charge is -2.20. The molecule has 0 aliphatic heterocycles. The van der Waals surface area contributed by atoms with Gasteiger partial charge in [0.2, 0.25) is 0 Å². The second-order valence-corrected chi connectivity index (χ2v) is 5.38. The molecule has 0 aliphatic rings. The van der Waals surface area contributed by atoms with E-state index < -0.39 is 12.1 Å². The largest absolute Gasteiger partial charge is 0.490 e. The number of amides is 1. The number of halogens is 1. The van der Waals surface area contributed by atoms with E-state index in [1.54, 1.807) is 37.3 Å². The van der Waals surface area contributed by atoms with Crippen molar-refractivity contribution in [3.63, 3.8) is 0 Å². The summed E-state index contributed by atoms with van der Waals surface area (Å²) >= 11 is 0. The van der Waals surface area contributed by atoms with Gasteiger partial charge < -0.3 is 15.2 Å². The molecule has 126 valence electrons. The molecule has 0 spiro atoms. The van der Waals surface area contributed by atoms with Crippen molar-refractivity contribution in [1.82, 2.24) is 5.32 Å². The quantitative estimate of drug-likeness (QED) is 0.767. The fraction of sp³-hybridized carbons (Fsp3) is 0.211. The zero-order valence-corrected chi connectivity index (χ0v) is 13.4. The van der Waals surface area contributed by atoms with E-state index in [0.29, 0.717) is 23.5 Å². The van der Waals surface area contributed by atoms with Crippen molar-refractivity contribution in [2.24, 2.45) is 0 Å². The first-order valence-electron chi connectivity index (χ1n) is 7.59. The van der Waals surface area contributed by atoms with Gasteiger partial charge in [0.15, 0.2) is 0 Å². The normalized spacial score (nSPS) is 13.0. The lowest BCUT2D eigenvalue weighted by molar-refractivity contribution is 0.0852. The van der Waals surface area contributed by atoms with E-state index >= 15 is 0 Å². The van der Waals surface area contributed by atoms with Gasteiger partial charge in [0.1, 0.15) is 18.2 Å². The number of ether oxygens (including phenoxy) is 1. The molecule has 0 aromatic heterocycles.